The molecule has 2 unspecified atom stereocenters. The zero-order chi connectivity index (χ0) is 17.1. The molecular formula is C22H32O2. The number of aliphatic hydroxyl groups excluding tert-OH is 1. The highest BCUT2D eigenvalue weighted by atomic mass is 16.3. The Bertz CT molecular complexity index is 591. The van der Waals surface area contributed by atoms with Crippen molar-refractivity contribution < 1.29 is 9.90 Å². The number of aliphatic hydroxyl groups is 1. The molecule has 3 fully saturated rings. The van der Waals surface area contributed by atoms with Gasteiger partial charge in [-0.1, -0.05) is 25.5 Å². The molecular weight excluding hydrogens is 296 g/mol. The summed E-state index contributed by atoms with van der Waals surface area (Å²) in [5, 5.41) is 10.6. The van der Waals surface area contributed by atoms with Crippen LogP contribution in [0.25, 0.3) is 0 Å². The minimum absolute atomic E-state index is 0.102. The van der Waals surface area contributed by atoms with Crippen molar-refractivity contribution in [3.63, 3.8) is 0 Å². The third kappa shape index (κ3) is 2.14. The Kier molecular flexibility index (Phi) is 3.84. The molecule has 0 aromatic carbocycles. The molecule has 0 amide bonds. The first-order chi connectivity index (χ1) is 11.4. The predicted octanol–water partition coefficient (Wildman–Crippen LogP) is 4.68. The van der Waals surface area contributed by atoms with Gasteiger partial charge >= 0.3 is 0 Å². The van der Waals surface area contributed by atoms with Crippen molar-refractivity contribution in [1.29, 1.82) is 0 Å². The van der Waals surface area contributed by atoms with E-state index in [1.165, 1.54) is 24.8 Å². The second-order valence-electron chi connectivity index (χ2n) is 9.47. The molecule has 0 heterocycles. The summed E-state index contributed by atoms with van der Waals surface area (Å²) in [6, 6.07) is 0. The fraction of sp³-hybridized carbons (Fsp3) is 0.773. The van der Waals surface area contributed by atoms with E-state index in [-0.39, 0.29) is 22.9 Å². The van der Waals surface area contributed by atoms with Crippen molar-refractivity contribution in [2.24, 2.45) is 34.5 Å². The number of carbonyl (C=O) groups is 1. The Hall–Kier alpha value is -0.890. The molecule has 24 heavy (non-hydrogen) atoms. The van der Waals surface area contributed by atoms with Crippen molar-refractivity contribution >= 4 is 5.78 Å². The smallest absolute Gasteiger partial charge is 0.159 e. The van der Waals surface area contributed by atoms with Crippen molar-refractivity contribution in [3.05, 3.63) is 24.3 Å². The second kappa shape index (κ2) is 5.56. The lowest BCUT2D eigenvalue weighted by atomic mass is 9.46. The molecule has 7 atom stereocenters. The van der Waals surface area contributed by atoms with E-state index in [1.54, 1.807) is 0 Å². The van der Waals surface area contributed by atoms with Crippen molar-refractivity contribution in [2.45, 2.75) is 71.3 Å². The molecule has 0 radical (unpaired) electrons. The van der Waals surface area contributed by atoms with Gasteiger partial charge in [-0.25, -0.2) is 0 Å². The number of hydrogen-bond acceptors (Lipinski definition) is 2. The topological polar surface area (TPSA) is 37.3 Å². The summed E-state index contributed by atoms with van der Waals surface area (Å²) in [6.45, 7) is 8.63. The molecule has 0 aromatic rings. The molecule has 1 N–H and O–H groups in total. The van der Waals surface area contributed by atoms with Gasteiger partial charge in [-0.05, 0) is 86.0 Å². The zero-order valence-corrected chi connectivity index (χ0v) is 15.3. The van der Waals surface area contributed by atoms with Gasteiger partial charge in [0.25, 0.3) is 0 Å². The van der Waals surface area contributed by atoms with Crippen LogP contribution in [-0.4, -0.2) is 17.0 Å². The second-order valence-corrected chi connectivity index (χ2v) is 9.47. The van der Waals surface area contributed by atoms with Gasteiger partial charge < -0.3 is 5.11 Å². The fourth-order valence-electron chi connectivity index (χ4n) is 7.12. The SMILES string of the molecule is C=CCC1C[C@@]2(C)C(=CC1=O)CC[C@@H]1[C@H]2CC[C@]2(C)C(O)CC[C@@H]12. The summed E-state index contributed by atoms with van der Waals surface area (Å²) >= 11 is 0. The quantitative estimate of drug-likeness (QED) is 0.747. The van der Waals surface area contributed by atoms with Crippen molar-refractivity contribution in [2.75, 3.05) is 0 Å². The third-order valence-electron chi connectivity index (χ3n) is 8.53. The average Bonchev–Trinajstić information content (AvgIpc) is 2.85. The summed E-state index contributed by atoms with van der Waals surface area (Å²) in [4.78, 5) is 12.5. The van der Waals surface area contributed by atoms with Crippen LogP contribution >= 0.6 is 0 Å². The van der Waals surface area contributed by atoms with Crippen LogP contribution in [0.15, 0.2) is 24.3 Å². The molecule has 132 valence electrons. The monoisotopic (exact) mass is 328 g/mol. The Morgan fingerprint density at radius 3 is 2.79 bits per heavy atom. The fourth-order valence-corrected chi connectivity index (χ4v) is 7.12. The van der Waals surface area contributed by atoms with Crippen LogP contribution in [0.1, 0.15) is 65.2 Å². The van der Waals surface area contributed by atoms with E-state index < -0.39 is 0 Å². The Balaban J connectivity index is 1.67. The van der Waals surface area contributed by atoms with Gasteiger partial charge in [0.05, 0.1) is 6.10 Å². The molecule has 2 heteroatoms. The molecule has 2 nitrogen and oxygen atoms in total. The molecule has 0 bridgehead atoms. The Morgan fingerprint density at radius 1 is 1.25 bits per heavy atom. The Morgan fingerprint density at radius 2 is 2.04 bits per heavy atom. The molecule has 0 saturated heterocycles. The third-order valence-corrected chi connectivity index (χ3v) is 8.53. The lowest BCUT2D eigenvalue weighted by Gasteiger charge is -2.58. The van der Waals surface area contributed by atoms with Crippen molar-refractivity contribution in [1.82, 2.24) is 0 Å². The van der Waals surface area contributed by atoms with Gasteiger partial charge in [0.15, 0.2) is 5.78 Å². The van der Waals surface area contributed by atoms with E-state index >= 15 is 0 Å². The predicted molar refractivity (Wildman–Crippen MR) is 96.4 cm³/mol. The zero-order valence-electron chi connectivity index (χ0n) is 15.3. The number of carbonyl (C=O) groups excluding carboxylic acids is 1. The van der Waals surface area contributed by atoms with Crippen LogP contribution in [0, 0.1) is 34.5 Å². The first kappa shape index (κ1) is 16.6. The summed E-state index contributed by atoms with van der Waals surface area (Å²) in [7, 11) is 0. The summed E-state index contributed by atoms with van der Waals surface area (Å²) in [6.07, 6.45) is 12.5. The minimum atomic E-state index is -0.102. The lowest BCUT2D eigenvalue weighted by Crippen LogP contribution is -2.52. The number of rotatable bonds is 2. The molecule has 0 aliphatic heterocycles. The van der Waals surface area contributed by atoms with Crippen LogP contribution < -0.4 is 0 Å². The first-order valence-corrected chi connectivity index (χ1v) is 9.94. The highest BCUT2D eigenvalue weighted by Gasteiger charge is 2.59. The van der Waals surface area contributed by atoms with Crippen LogP contribution in [0.2, 0.25) is 0 Å². The van der Waals surface area contributed by atoms with E-state index in [9.17, 15) is 9.90 Å². The van der Waals surface area contributed by atoms with E-state index in [0.29, 0.717) is 17.6 Å². The molecule has 4 rings (SSSR count). The standard InChI is InChI=1S/C22H32O2/c1-4-5-14-13-22(3)15(12-19(14)23)6-7-16-17-8-9-20(24)21(17,2)11-10-18(16)22/h4,12,14,16-18,20,24H,1,5-11,13H2,2-3H3/t14?,16-,17-,18+,20?,21-,22-/m0/s1. The van der Waals surface area contributed by atoms with Gasteiger partial charge in [-0.15, -0.1) is 6.58 Å². The van der Waals surface area contributed by atoms with E-state index in [1.807, 2.05) is 12.2 Å². The summed E-state index contributed by atoms with van der Waals surface area (Å²) in [5.74, 6) is 2.58. The number of ketones is 1. The van der Waals surface area contributed by atoms with Gasteiger partial charge in [0.1, 0.15) is 0 Å². The maximum Gasteiger partial charge on any atom is 0.159 e. The number of allylic oxidation sites excluding steroid dienone is 2. The maximum atomic E-state index is 12.5. The van der Waals surface area contributed by atoms with Crippen LogP contribution in [0.5, 0.6) is 0 Å². The van der Waals surface area contributed by atoms with E-state index in [0.717, 1.165) is 38.0 Å². The first-order valence-electron chi connectivity index (χ1n) is 9.94. The molecule has 3 saturated carbocycles. The highest BCUT2D eigenvalue weighted by molar-refractivity contribution is 5.93. The Labute approximate surface area is 146 Å². The van der Waals surface area contributed by atoms with Gasteiger partial charge in [0.2, 0.25) is 0 Å². The molecule has 4 aliphatic rings. The summed E-state index contributed by atoms with van der Waals surface area (Å²) < 4.78 is 0. The van der Waals surface area contributed by atoms with Gasteiger partial charge in [-0.3, -0.25) is 4.79 Å². The van der Waals surface area contributed by atoms with Crippen LogP contribution in [-0.2, 0) is 4.79 Å². The van der Waals surface area contributed by atoms with Crippen LogP contribution in [0.3, 0.4) is 0 Å². The van der Waals surface area contributed by atoms with Gasteiger partial charge in [0, 0.05) is 5.92 Å². The van der Waals surface area contributed by atoms with E-state index in [4.69, 9.17) is 0 Å². The maximum absolute atomic E-state index is 12.5. The molecule has 0 spiro atoms. The molecule has 4 aliphatic carbocycles. The largest absolute Gasteiger partial charge is 0.393 e. The minimum Gasteiger partial charge on any atom is -0.393 e. The highest BCUT2D eigenvalue weighted by Crippen LogP contribution is 2.65. The van der Waals surface area contributed by atoms with Crippen LogP contribution in [0.4, 0.5) is 0 Å². The summed E-state index contributed by atoms with van der Waals surface area (Å²) in [5.41, 5.74) is 1.76. The number of hydrogen-bond donors (Lipinski definition) is 1. The molecule has 0 aromatic heterocycles. The normalized spacial score (nSPS) is 50.5. The van der Waals surface area contributed by atoms with Gasteiger partial charge in [-0.2, -0.15) is 0 Å². The number of fused-ring (bicyclic) bond motifs is 5. The van der Waals surface area contributed by atoms with E-state index in [2.05, 4.69) is 20.4 Å². The lowest BCUT2D eigenvalue weighted by molar-refractivity contribution is -0.123. The average molecular weight is 328 g/mol. The van der Waals surface area contributed by atoms with Crippen molar-refractivity contribution in [3.8, 4) is 0 Å².